The quantitative estimate of drug-likeness (QED) is 0.657. The first-order chi connectivity index (χ1) is 14.8. The second-order valence-electron chi connectivity index (χ2n) is 7.84. The monoisotopic (exact) mass is 429 g/mol. The van der Waals surface area contributed by atoms with Gasteiger partial charge in [-0.15, -0.1) is 0 Å². The minimum atomic E-state index is -1.12. The number of nitrogens with zero attached hydrogens (tertiary/aromatic N) is 1. The molecule has 0 unspecified atom stereocenters. The molecule has 2 aromatic carbocycles. The van der Waals surface area contributed by atoms with E-state index >= 15 is 0 Å². The molecular formula is C22H18F3N3O3. The molecule has 31 heavy (non-hydrogen) atoms. The maximum Gasteiger partial charge on any atom is 0.256 e. The van der Waals surface area contributed by atoms with Crippen molar-refractivity contribution in [3.8, 4) is 0 Å². The van der Waals surface area contributed by atoms with Crippen molar-refractivity contribution in [1.82, 2.24) is 9.88 Å². The second kappa shape index (κ2) is 7.12. The fourth-order valence-corrected chi connectivity index (χ4v) is 4.43. The van der Waals surface area contributed by atoms with Crippen LogP contribution in [0, 0.1) is 17.5 Å². The summed E-state index contributed by atoms with van der Waals surface area (Å²) >= 11 is 0. The van der Waals surface area contributed by atoms with Gasteiger partial charge in [-0.2, -0.15) is 0 Å². The number of halogens is 3. The van der Waals surface area contributed by atoms with Crippen LogP contribution in [-0.2, 0) is 22.6 Å². The van der Waals surface area contributed by atoms with E-state index in [0.29, 0.717) is 28.9 Å². The van der Waals surface area contributed by atoms with E-state index in [2.05, 4.69) is 10.3 Å². The number of carbonyl (C=O) groups excluding carboxylic acids is 1. The third kappa shape index (κ3) is 3.16. The van der Waals surface area contributed by atoms with E-state index < -0.39 is 29.3 Å². The van der Waals surface area contributed by atoms with Crippen LogP contribution in [0.2, 0.25) is 0 Å². The average molecular weight is 429 g/mol. The number of benzene rings is 2. The summed E-state index contributed by atoms with van der Waals surface area (Å²) in [5.74, 6) is -2.83. The number of aromatic amines is 1. The van der Waals surface area contributed by atoms with E-state index in [9.17, 15) is 22.8 Å². The maximum absolute atomic E-state index is 14.0. The molecule has 0 saturated carbocycles. The van der Waals surface area contributed by atoms with E-state index in [1.807, 2.05) is 0 Å². The minimum Gasteiger partial charge on any atom is -0.373 e. The zero-order chi connectivity index (χ0) is 21.9. The predicted molar refractivity (Wildman–Crippen MR) is 107 cm³/mol. The summed E-state index contributed by atoms with van der Waals surface area (Å²) < 4.78 is 46.9. The van der Waals surface area contributed by atoms with Crippen molar-refractivity contribution >= 4 is 22.4 Å². The van der Waals surface area contributed by atoms with Crippen molar-refractivity contribution in [2.45, 2.75) is 25.1 Å². The average Bonchev–Trinajstić information content (AvgIpc) is 3.17. The van der Waals surface area contributed by atoms with Crippen molar-refractivity contribution in [3.05, 3.63) is 75.0 Å². The number of hydrogen-bond donors (Lipinski definition) is 2. The minimum absolute atomic E-state index is 0.00673. The number of nitrogens with one attached hydrogen (secondary N) is 2. The first kappa shape index (κ1) is 19.6. The number of H-pyrrole nitrogens is 1. The molecule has 3 aromatic rings. The van der Waals surface area contributed by atoms with E-state index in [1.54, 1.807) is 13.1 Å². The number of anilines is 1. The molecule has 2 aliphatic rings. The van der Waals surface area contributed by atoms with Gasteiger partial charge >= 0.3 is 0 Å². The van der Waals surface area contributed by atoms with Crippen molar-refractivity contribution < 1.29 is 22.7 Å². The zero-order valence-corrected chi connectivity index (χ0v) is 16.5. The lowest BCUT2D eigenvalue weighted by molar-refractivity contribution is -0.134. The lowest BCUT2D eigenvalue weighted by atomic mass is 9.95. The molecule has 0 saturated heterocycles. The lowest BCUT2D eigenvalue weighted by Crippen LogP contribution is -2.44. The second-order valence-corrected chi connectivity index (χ2v) is 7.84. The SMILES string of the molecule is CN(C(=O)[C@@H]1Cc2cc(F)ccc2N1)[C@H]1COCc2[nH]c(=O)c3cc(F)c(F)cc3c21. The number of hydrogen-bond acceptors (Lipinski definition) is 4. The first-order valence-corrected chi connectivity index (χ1v) is 9.76. The van der Waals surface area contributed by atoms with Crippen LogP contribution in [0.3, 0.4) is 0 Å². The number of ether oxygens (including phenoxy) is 1. The van der Waals surface area contributed by atoms with E-state index in [1.165, 1.54) is 17.0 Å². The van der Waals surface area contributed by atoms with Crippen LogP contribution in [0.25, 0.3) is 10.8 Å². The summed E-state index contributed by atoms with van der Waals surface area (Å²) in [6.07, 6.45) is 0.322. The van der Waals surface area contributed by atoms with E-state index in [0.717, 1.165) is 12.1 Å². The van der Waals surface area contributed by atoms with Crippen molar-refractivity contribution in [3.63, 3.8) is 0 Å². The predicted octanol–water partition coefficient (Wildman–Crippen LogP) is 3.01. The molecule has 5 rings (SSSR count). The third-order valence-corrected chi connectivity index (χ3v) is 5.97. The summed E-state index contributed by atoms with van der Waals surface area (Å²) in [5.41, 5.74) is 1.79. The van der Waals surface area contributed by atoms with E-state index in [4.69, 9.17) is 4.74 Å². The van der Waals surface area contributed by atoms with Crippen LogP contribution >= 0.6 is 0 Å². The number of fused-ring (bicyclic) bond motifs is 4. The van der Waals surface area contributed by atoms with Crippen LogP contribution in [0.4, 0.5) is 18.9 Å². The molecule has 1 amide bonds. The molecule has 0 fully saturated rings. The highest BCUT2D eigenvalue weighted by atomic mass is 19.2. The Labute approximate surface area is 174 Å². The molecule has 6 nitrogen and oxygen atoms in total. The maximum atomic E-state index is 14.0. The summed E-state index contributed by atoms with van der Waals surface area (Å²) in [5, 5.41) is 3.35. The van der Waals surface area contributed by atoms with Gasteiger partial charge in [0.15, 0.2) is 11.6 Å². The molecule has 0 radical (unpaired) electrons. The van der Waals surface area contributed by atoms with Crippen molar-refractivity contribution in [2.75, 3.05) is 19.0 Å². The number of aromatic nitrogens is 1. The van der Waals surface area contributed by atoms with Crippen LogP contribution in [0.5, 0.6) is 0 Å². The van der Waals surface area contributed by atoms with Gasteiger partial charge in [0.05, 0.1) is 24.6 Å². The molecule has 0 bridgehead atoms. The molecule has 2 aliphatic heterocycles. The largest absolute Gasteiger partial charge is 0.373 e. The molecule has 2 N–H and O–H groups in total. The third-order valence-electron chi connectivity index (χ3n) is 5.97. The Hall–Kier alpha value is -3.33. The Balaban J connectivity index is 1.53. The fourth-order valence-electron chi connectivity index (χ4n) is 4.43. The molecule has 1 aromatic heterocycles. The number of amides is 1. The summed E-state index contributed by atoms with van der Waals surface area (Å²) in [6, 6.07) is 4.93. The summed E-state index contributed by atoms with van der Waals surface area (Å²) in [4.78, 5) is 29.7. The lowest BCUT2D eigenvalue weighted by Gasteiger charge is -2.35. The van der Waals surface area contributed by atoms with Gasteiger partial charge in [-0.3, -0.25) is 9.59 Å². The molecule has 0 spiro atoms. The highest BCUT2D eigenvalue weighted by molar-refractivity contribution is 5.90. The van der Waals surface area contributed by atoms with Gasteiger partial charge in [0, 0.05) is 30.4 Å². The van der Waals surface area contributed by atoms with Gasteiger partial charge in [0.1, 0.15) is 11.9 Å². The van der Waals surface area contributed by atoms with Crippen LogP contribution in [-0.4, -0.2) is 35.5 Å². The highest BCUT2D eigenvalue weighted by Crippen LogP contribution is 2.35. The topological polar surface area (TPSA) is 74.4 Å². The Bertz CT molecular complexity index is 1290. The number of carbonyl (C=O) groups is 1. The first-order valence-electron chi connectivity index (χ1n) is 9.76. The fraction of sp³-hybridized carbons (Fsp3) is 0.273. The van der Waals surface area contributed by atoms with Crippen LogP contribution in [0.1, 0.15) is 22.9 Å². The number of likely N-dealkylation sites (N-methyl/N-ethyl adjacent to an activating group) is 1. The normalized spacial score (nSPS) is 19.6. The van der Waals surface area contributed by atoms with Gasteiger partial charge in [-0.1, -0.05) is 0 Å². The summed E-state index contributed by atoms with van der Waals surface area (Å²) in [6.45, 7) is 0.216. The standard InChI is InChI=1S/C22H18F3N3O3/c1-28(22(30)17-5-10-4-11(23)2-3-16(10)26-17)19-9-31-8-18-20(19)12-6-14(24)15(25)7-13(12)21(29)27-18/h2-4,6-7,17,19,26H,5,8-9H2,1H3,(H,27,29)/t17-,19-/m0/s1. The molecule has 0 aliphatic carbocycles. The van der Waals surface area contributed by atoms with Gasteiger partial charge in [-0.25, -0.2) is 13.2 Å². The van der Waals surface area contributed by atoms with Crippen LogP contribution < -0.4 is 10.9 Å². The summed E-state index contributed by atoms with van der Waals surface area (Å²) in [7, 11) is 1.59. The Morgan fingerprint density at radius 2 is 1.87 bits per heavy atom. The number of rotatable bonds is 2. The Morgan fingerprint density at radius 3 is 2.65 bits per heavy atom. The number of pyridine rings is 1. The molecule has 9 heteroatoms. The smallest absolute Gasteiger partial charge is 0.256 e. The molecule has 2 atom stereocenters. The van der Waals surface area contributed by atoms with E-state index in [-0.39, 0.29) is 35.7 Å². The highest BCUT2D eigenvalue weighted by Gasteiger charge is 2.36. The molecular weight excluding hydrogens is 411 g/mol. The van der Waals surface area contributed by atoms with Crippen molar-refractivity contribution in [2.24, 2.45) is 0 Å². The van der Waals surface area contributed by atoms with Gasteiger partial charge in [0.2, 0.25) is 5.91 Å². The molecule has 3 heterocycles. The Morgan fingerprint density at radius 1 is 1.13 bits per heavy atom. The Kier molecular flexibility index (Phi) is 4.51. The molecule has 160 valence electrons. The van der Waals surface area contributed by atoms with Crippen molar-refractivity contribution in [1.29, 1.82) is 0 Å². The van der Waals surface area contributed by atoms with Gasteiger partial charge < -0.3 is 19.9 Å². The van der Waals surface area contributed by atoms with Crippen LogP contribution in [0.15, 0.2) is 35.1 Å². The zero-order valence-electron chi connectivity index (χ0n) is 16.5. The van der Waals surface area contributed by atoms with Gasteiger partial charge in [-0.05, 0) is 41.3 Å². The van der Waals surface area contributed by atoms with Gasteiger partial charge in [0.25, 0.3) is 5.56 Å².